The van der Waals surface area contributed by atoms with Gasteiger partial charge in [0.15, 0.2) is 5.65 Å². The van der Waals surface area contributed by atoms with Crippen LogP contribution >= 0.6 is 0 Å². The molecule has 0 spiro atoms. The highest BCUT2D eigenvalue weighted by atomic mass is 16.5. The average Bonchev–Trinajstić information content (AvgIpc) is 3.53. The lowest BCUT2D eigenvalue weighted by atomic mass is 10.1. The number of aromatic nitrogens is 4. The molecule has 11 heteroatoms. The Morgan fingerprint density at radius 1 is 1.38 bits per heavy atom. The number of aliphatic hydroxyl groups is 1. The fourth-order valence-electron chi connectivity index (χ4n) is 4.27. The Hall–Kier alpha value is -3.44. The zero-order valence-electron chi connectivity index (χ0n) is 19.1. The maximum Gasteiger partial charge on any atom is 0.274 e. The Morgan fingerprint density at radius 3 is 2.94 bits per heavy atom. The summed E-state index contributed by atoms with van der Waals surface area (Å²) in [7, 11) is 1.75. The average molecular weight is 468 g/mol. The number of ether oxygens (including phenoxy) is 1. The van der Waals surface area contributed by atoms with Gasteiger partial charge in [0.05, 0.1) is 25.5 Å². The topological polar surface area (TPSA) is 135 Å². The molecule has 4 N–H and O–H groups in total. The molecule has 1 aliphatic heterocycles. The van der Waals surface area contributed by atoms with Crippen molar-refractivity contribution < 1.29 is 14.6 Å². The number of nitrogens with zero attached hydrogens (tertiary/aromatic N) is 4. The summed E-state index contributed by atoms with van der Waals surface area (Å²) >= 11 is 0. The first-order chi connectivity index (χ1) is 16.5. The van der Waals surface area contributed by atoms with Crippen molar-refractivity contribution in [2.75, 3.05) is 44.0 Å². The normalized spacial score (nSPS) is 19.1. The van der Waals surface area contributed by atoms with Crippen LogP contribution in [0.5, 0.6) is 0 Å². The van der Waals surface area contributed by atoms with E-state index in [0.717, 1.165) is 32.3 Å². The summed E-state index contributed by atoms with van der Waals surface area (Å²) < 4.78 is 8.79. The van der Waals surface area contributed by atoms with Crippen LogP contribution in [-0.4, -0.2) is 63.6 Å². The van der Waals surface area contributed by atoms with Crippen molar-refractivity contribution in [3.63, 3.8) is 0 Å². The summed E-state index contributed by atoms with van der Waals surface area (Å²) in [5.41, 5.74) is 0.703. The van der Waals surface area contributed by atoms with E-state index >= 15 is 0 Å². The van der Waals surface area contributed by atoms with E-state index < -0.39 is 0 Å². The van der Waals surface area contributed by atoms with Gasteiger partial charge in [-0.2, -0.15) is 9.61 Å². The first-order valence-corrected chi connectivity index (χ1v) is 11.6. The van der Waals surface area contributed by atoms with Crippen molar-refractivity contribution >= 4 is 28.9 Å². The molecule has 0 bridgehead atoms. The number of carbonyl (C=O) groups excluding carboxylic acids is 1. The van der Waals surface area contributed by atoms with Gasteiger partial charge in [0, 0.05) is 37.9 Å². The molecule has 3 aromatic heterocycles. The third-order valence-electron chi connectivity index (χ3n) is 6.66. The lowest BCUT2D eigenvalue weighted by molar-refractivity contribution is 0.0581. The third-order valence-corrected chi connectivity index (χ3v) is 6.66. The van der Waals surface area contributed by atoms with Gasteiger partial charge in [0.2, 0.25) is 0 Å². The lowest BCUT2D eigenvalue weighted by Crippen LogP contribution is -2.32. The Labute approximate surface area is 196 Å². The number of hydrogen-bond acceptors (Lipinski definition) is 8. The number of aliphatic hydroxyl groups excluding tert-OH is 1. The van der Waals surface area contributed by atoms with Crippen LogP contribution in [0.15, 0.2) is 35.4 Å². The largest absolute Gasteiger partial charge is 0.396 e. The maximum atomic E-state index is 13.1. The third kappa shape index (κ3) is 4.24. The maximum absolute atomic E-state index is 13.1. The highest BCUT2D eigenvalue weighted by Crippen LogP contribution is 2.44. The smallest absolute Gasteiger partial charge is 0.274 e. The van der Waals surface area contributed by atoms with Crippen LogP contribution in [0.1, 0.15) is 42.1 Å². The number of fused-ring (bicyclic) bond motifs is 1. The molecule has 1 amide bonds. The number of anilines is 3. The highest BCUT2D eigenvalue weighted by molar-refractivity contribution is 6.00. The van der Waals surface area contributed by atoms with Gasteiger partial charge in [-0.1, -0.05) is 0 Å². The number of hydrogen-bond donors (Lipinski definition) is 4. The van der Waals surface area contributed by atoms with Crippen LogP contribution in [0.25, 0.3) is 5.65 Å². The highest BCUT2D eigenvalue weighted by Gasteiger charge is 2.42. The number of nitrogens with one attached hydrogen (secondary N) is 3. The molecule has 4 heterocycles. The number of rotatable bonds is 8. The molecule has 5 rings (SSSR count). The van der Waals surface area contributed by atoms with E-state index in [1.807, 2.05) is 6.07 Å². The van der Waals surface area contributed by atoms with E-state index in [1.165, 1.54) is 6.20 Å². The molecule has 0 radical (unpaired) electrons. The van der Waals surface area contributed by atoms with Gasteiger partial charge in [0.1, 0.15) is 22.9 Å². The summed E-state index contributed by atoms with van der Waals surface area (Å²) in [6.45, 7) is 1.70. The summed E-state index contributed by atoms with van der Waals surface area (Å²) in [5.74, 6) is 0.716. The van der Waals surface area contributed by atoms with Gasteiger partial charge in [-0.15, -0.1) is 0 Å². The minimum Gasteiger partial charge on any atom is -0.396 e. The van der Waals surface area contributed by atoms with Crippen LogP contribution in [0.2, 0.25) is 0 Å². The van der Waals surface area contributed by atoms with Crippen LogP contribution in [0.4, 0.5) is 17.3 Å². The van der Waals surface area contributed by atoms with Gasteiger partial charge in [-0.05, 0) is 37.8 Å². The lowest BCUT2D eigenvalue weighted by Gasteiger charge is -2.24. The minimum absolute atomic E-state index is 0.00474. The second-order valence-corrected chi connectivity index (χ2v) is 9.04. The van der Waals surface area contributed by atoms with Crippen LogP contribution < -0.4 is 21.5 Å². The molecule has 1 saturated heterocycles. The fraction of sp³-hybridized carbons (Fsp3) is 0.478. The second-order valence-electron chi connectivity index (χ2n) is 9.04. The molecule has 0 unspecified atom stereocenters. The van der Waals surface area contributed by atoms with E-state index in [1.54, 1.807) is 34.5 Å². The summed E-state index contributed by atoms with van der Waals surface area (Å²) in [4.78, 5) is 30.6. The molecule has 2 aliphatic rings. The molecule has 2 fully saturated rings. The van der Waals surface area contributed by atoms with Gasteiger partial charge >= 0.3 is 0 Å². The molecule has 0 aromatic carbocycles. The minimum atomic E-state index is -0.305. The zero-order valence-corrected chi connectivity index (χ0v) is 19.1. The quantitative estimate of drug-likeness (QED) is 0.392. The van der Waals surface area contributed by atoms with Gasteiger partial charge < -0.3 is 30.4 Å². The van der Waals surface area contributed by atoms with Crippen molar-refractivity contribution in [3.05, 3.63) is 46.5 Å². The summed E-state index contributed by atoms with van der Waals surface area (Å²) in [6, 6.07) is 5.27. The van der Waals surface area contributed by atoms with E-state index in [4.69, 9.17) is 4.74 Å². The predicted octanol–water partition coefficient (Wildman–Crippen LogP) is 1.53. The van der Waals surface area contributed by atoms with Crippen molar-refractivity contribution in [3.8, 4) is 0 Å². The van der Waals surface area contributed by atoms with Crippen molar-refractivity contribution in [2.45, 2.75) is 31.7 Å². The molecule has 3 aromatic rings. The molecule has 34 heavy (non-hydrogen) atoms. The number of carbonyl (C=O) groups is 1. The van der Waals surface area contributed by atoms with Crippen LogP contribution in [-0.2, 0) is 4.74 Å². The first kappa shape index (κ1) is 22.4. The number of pyridine rings is 1. The van der Waals surface area contributed by atoms with Crippen molar-refractivity contribution in [2.24, 2.45) is 5.41 Å². The summed E-state index contributed by atoms with van der Waals surface area (Å²) in [6.07, 6.45) is 6.86. The molecule has 1 saturated carbocycles. The molecular formula is C23H29N7O4. The summed E-state index contributed by atoms with van der Waals surface area (Å²) in [5, 5.41) is 22.9. The molecule has 1 aliphatic carbocycles. The fourth-order valence-corrected chi connectivity index (χ4v) is 4.27. The van der Waals surface area contributed by atoms with Gasteiger partial charge in [-0.25, -0.2) is 4.98 Å². The SMILES string of the molecule is CNc1cc(Nc2cccn([C@H]3CCCOC3)c2=O)nc2c(C(=O)NCC3(CO)CC3)cnn12. The monoisotopic (exact) mass is 467 g/mol. The first-order valence-electron chi connectivity index (χ1n) is 11.6. The Morgan fingerprint density at radius 2 is 2.24 bits per heavy atom. The molecule has 11 nitrogen and oxygen atoms in total. The van der Waals surface area contributed by atoms with Crippen LogP contribution in [0.3, 0.4) is 0 Å². The van der Waals surface area contributed by atoms with Gasteiger partial charge in [-0.3, -0.25) is 9.59 Å². The second kappa shape index (κ2) is 9.07. The van der Waals surface area contributed by atoms with Crippen molar-refractivity contribution in [1.29, 1.82) is 0 Å². The number of amides is 1. The molecular weight excluding hydrogens is 438 g/mol. The van der Waals surface area contributed by atoms with E-state index in [2.05, 4.69) is 26.0 Å². The van der Waals surface area contributed by atoms with E-state index in [-0.39, 0.29) is 29.5 Å². The van der Waals surface area contributed by atoms with E-state index in [9.17, 15) is 14.7 Å². The molecule has 180 valence electrons. The predicted molar refractivity (Wildman–Crippen MR) is 127 cm³/mol. The Bertz CT molecular complexity index is 1260. The zero-order chi connectivity index (χ0) is 23.7. The van der Waals surface area contributed by atoms with Crippen molar-refractivity contribution in [1.82, 2.24) is 24.5 Å². The Balaban J connectivity index is 1.43. The van der Waals surface area contributed by atoms with Crippen LogP contribution in [0, 0.1) is 5.41 Å². The Kier molecular flexibility index (Phi) is 5.96. The standard InChI is InChI=1S/C23H29N7O4/c1-24-19-10-18(27-17-5-2-8-29(22(17)33)15-4-3-9-34-12-15)28-20-16(11-26-30(19)20)21(32)25-13-23(14-31)6-7-23/h2,5,8,10-11,15,24,31H,3-4,6-7,9,12-14H2,1H3,(H,25,32)(H,27,28)/t15-/m0/s1. The van der Waals surface area contributed by atoms with E-state index in [0.29, 0.717) is 41.7 Å². The van der Waals surface area contributed by atoms with Gasteiger partial charge in [0.25, 0.3) is 11.5 Å². The molecule has 1 atom stereocenters.